The summed E-state index contributed by atoms with van der Waals surface area (Å²) in [6.07, 6.45) is 10.0. The molecule has 0 radical (unpaired) electrons. The van der Waals surface area contributed by atoms with E-state index in [0.717, 1.165) is 94.7 Å². The molecule has 0 amide bonds. The third kappa shape index (κ3) is 4.74. The Labute approximate surface area is 241 Å². The number of carbonyl (C=O) groups is 1. The molecule has 2 atom stereocenters. The first-order valence-electron chi connectivity index (χ1n) is 14.9. The Hall–Kier alpha value is -2.80. The van der Waals surface area contributed by atoms with Crippen LogP contribution in [0.1, 0.15) is 84.9 Å². The highest BCUT2D eigenvalue weighted by Gasteiger charge is 2.49. The number of allylic oxidation sites excluding steroid dienone is 1. The molecule has 4 aliphatic rings. The molecule has 0 bridgehead atoms. The van der Waals surface area contributed by atoms with Crippen LogP contribution in [-0.2, 0) is 21.4 Å². The number of anilines is 1. The number of Topliss-reactive ketones (excluding diaryl/α,β-unsaturated/α-hetero) is 1. The van der Waals surface area contributed by atoms with Crippen LogP contribution in [0.3, 0.4) is 0 Å². The zero-order chi connectivity index (χ0) is 27.9. The summed E-state index contributed by atoms with van der Waals surface area (Å²) >= 11 is 1.69. The number of fused-ring (bicyclic) bond motifs is 2. The van der Waals surface area contributed by atoms with E-state index < -0.39 is 5.41 Å². The van der Waals surface area contributed by atoms with Crippen LogP contribution in [0.5, 0.6) is 0 Å². The zero-order valence-corrected chi connectivity index (χ0v) is 24.6. The van der Waals surface area contributed by atoms with Gasteiger partial charge in [0, 0.05) is 66.5 Å². The first-order valence-corrected chi connectivity index (χ1v) is 15.7. The van der Waals surface area contributed by atoms with E-state index in [9.17, 15) is 10.1 Å². The van der Waals surface area contributed by atoms with Crippen LogP contribution in [0.15, 0.2) is 17.8 Å². The summed E-state index contributed by atoms with van der Waals surface area (Å²) in [6, 6.07) is 5.11. The molecule has 6 rings (SSSR count). The minimum atomic E-state index is -0.635. The van der Waals surface area contributed by atoms with Crippen molar-refractivity contribution < 1.29 is 9.53 Å². The highest BCUT2D eigenvalue weighted by molar-refractivity contribution is 7.12. The predicted molar refractivity (Wildman–Crippen MR) is 157 cm³/mol. The third-order valence-electron chi connectivity index (χ3n) is 9.58. The van der Waals surface area contributed by atoms with Gasteiger partial charge in [0.2, 0.25) is 5.95 Å². The van der Waals surface area contributed by atoms with Gasteiger partial charge in [0.15, 0.2) is 5.78 Å². The molecule has 3 fully saturated rings. The van der Waals surface area contributed by atoms with E-state index in [1.54, 1.807) is 17.5 Å². The summed E-state index contributed by atoms with van der Waals surface area (Å²) in [5, 5.41) is 9.98. The van der Waals surface area contributed by atoms with Gasteiger partial charge in [-0.25, -0.2) is 9.97 Å². The zero-order valence-electron chi connectivity index (χ0n) is 23.7. The van der Waals surface area contributed by atoms with Crippen molar-refractivity contribution in [3.05, 3.63) is 44.4 Å². The molecule has 212 valence electrons. The van der Waals surface area contributed by atoms with Crippen LogP contribution in [0.25, 0.3) is 5.70 Å². The Morgan fingerprint density at radius 2 is 1.98 bits per heavy atom. The minimum Gasteiger partial charge on any atom is -0.397 e. The van der Waals surface area contributed by atoms with Crippen LogP contribution in [0.2, 0.25) is 0 Å². The molecule has 2 aliphatic carbocycles. The Kier molecular flexibility index (Phi) is 7.68. The fourth-order valence-corrected chi connectivity index (χ4v) is 8.84. The number of thiophene rings is 1. The third-order valence-corrected chi connectivity index (χ3v) is 10.7. The number of rotatable bonds is 3. The summed E-state index contributed by atoms with van der Waals surface area (Å²) in [5.41, 5.74) is 9.64. The van der Waals surface area contributed by atoms with Crippen molar-refractivity contribution in [3.8, 4) is 6.07 Å². The monoisotopic (exact) mass is 560 g/mol. The Bertz CT molecular complexity index is 1360. The van der Waals surface area contributed by atoms with Crippen LogP contribution in [0.4, 0.5) is 5.95 Å². The second-order valence-electron chi connectivity index (χ2n) is 11.9. The number of nitrogens with zero attached hydrogens (tertiary/aromatic N) is 5. The molecular formula is C31H40N6O2S. The van der Waals surface area contributed by atoms with Crippen molar-refractivity contribution in [1.29, 1.82) is 5.26 Å². The summed E-state index contributed by atoms with van der Waals surface area (Å²) in [7, 11) is 0. The summed E-state index contributed by atoms with van der Waals surface area (Å²) in [4.78, 5) is 31.1. The summed E-state index contributed by atoms with van der Waals surface area (Å²) in [5.74, 6) is 0.780. The quantitative estimate of drug-likeness (QED) is 0.547. The topological polar surface area (TPSA) is 108 Å². The molecule has 0 aromatic carbocycles. The molecule has 2 saturated heterocycles. The minimum absolute atomic E-state index is 0.0990. The van der Waals surface area contributed by atoms with Gasteiger partial charge in [0.05, 0.1) is 22.4 Å². The van der Waals surface area contributed by atoms with E-state index in [2.05, 4.69) is 27.8 Å². The summed E-state index contributed by atoms with van der Waals surface area (Å²) in [6.45, 7) is 8.89. The maximum absolute atomic E-state index is 14.3. The van der Waals surface area contributed by atoms with Crippen molar-refractivity contribution >= 4 is 28.8 Å². The maximum Gasteiger partial charge on any atom is 0.226 e. The van der Waals surface area contributed by atoms with Crippen molar-refractivity contribution in [2.75, 3.05) is 37.7 Å². The number of carbonyl (C=O) groups excluding carboxylic acids is 1. The average molecular weight is 561 g/mol. The van der Waals surface area contributed by atoms with Crippen LogP contribution in [0, 0.1) is 18.3 Å². The molecule has 40 heavy (non-hydrogen) atoms. The number of nitriles is 1. The number of hydrogen-bond acceptors (Lipinski definition) is 9. The lowest BCUT2D eigenvalue weighted by Gasteiger charge is -2.40. The largest absolute Gasteiger partial charge is 0.397 e. The fraction of sp³-hybridized carbons (Fsp3) is 0.613. The number of hydrogen-bond donors (Lipinski definition) is 1. The van der Waals surface area contributed by atoms with Crippen molar-refractivity contribution in [2.45, 2.75) is 89.1 Å². The van der Waals surface area contributed by atoms with Gasteiger partial charge < -0.3 is 15.4 Å². The van der Waals surface area contributed by atoms with Gasteiger partial charge in [-0.15, -0.1) is 11.3 Å². The van der Waals surface area contributed by atoms with E-state index in [4.69, 9.17) is 15.5 Å². The molecular weight excluding hydrogens is 520 g/mol. The maximum atomic E-state index is 14.3. The molecule has 4 heterocycles. The second kappa shape index (κ2) is 11.2. The van der Waals surface area contributed by atoms with E-state index in [1.807, 2.05) is 13.0 Å². The molecule has 2 aliphatic heterocycles. The average Bonchev–Trinajstić information content (AvgIpc) is 3.19. The number of ether oxygens (including phenoxy) is 1. The van der Waals surface area contributed by atoms with Gasteiger partial charge in [-0.3, -0.25) is 9.69 Å². The molecule has 2 aromatic heterocycles. The van der Waals surface area contributed by atoms with Gasteiger partial charge in [-0.05, 0) is 83.3 Å². The molecule has 2 aromatic rings. The van der Waals surface area contributed by atoms with Crippen molar-refractivity contribution in [3.63, 3.8) is 0 Å². The number of aryl methyl sites for hydroxylation is 2. The van der Waals surface area contributed by atoms with Crippen molar-refractivity contribution in [1.82, 2.24) is 14.9 Å². The summed E-state index contributed by atoms with van der Waals surface area (Å²) < 4.78 is 5.59. The lowest BCUT2D eigenvalue weighted by atomic mass is 9.61. The van der Waals surface area contributed by atoms with Gasteiger partial charge in [-0.1, -0.05) is 0 Å². The number of nitrogens with two attached hydrogens (primary N) is 1. The smallest absolute Gasteiger partial charge is 0.226 e. The van der Waals surface area contributed by atoms with E-state index >= 15 is 0 Å². The normalized spacial score (nSPS) is 27.8. The van der Waals surface area contributed by atoms with Gasteiger partial charge in [0.25, 0.3) is 0 Å². The molecule has 2 N–H and O–H groups in total. The highest BCUT2D eigenvalue weighted by atomic mass is 32.1. The van der Waals surface area contributed by atoms with Crippen LogP contribution >= 0.6 is 11.3 Å². The second-order valence-corrected chi connectivity index (χ2v) is 13.2. The highest BCUT2D eigenvalue weighted by Crippen LogP contribution is 2.51. The van der Waals surface area contributed by atoms with Gasteiger partial charge in [0.1, 0.15) is 6.07 Å². The van der Waals surface area contributed by atoms with Crippen LogP contribution < -0.4 is 10.6 Å². The number of ketones is 1. The van der Waals surface area contributed by atoms with Crippen LogP contribution in [-0.4, -0.2) is 65.6 Å². The van der Waals surface area contributed by atoms with Gasteiger partial charge >= 0.3 is 0 Å². The molecule has 1 spiro atoms. The molecule has 9 heteroatoms. The first kappa shape index (κ1) is 27.4. The SMILES string of the molecule is Cc1sc2c(c1C#N)[C@]1(CCC/C(=C(/N)c3ccnc(N4CCCN(C5CCOCC5)C[C@@H]4C)n3)C1=O)CCC2. The predicted octanol–water partition coefficient (Wildman–Crippen LogP) is 4.49. The molecule has 0 unspecified atom stereocenters. The molecule has 1 saturated carbocycles. The van der Waals surface area contributed by atoms with Crippen molar-refractivity contribution in [2.24, 2.45) is 5.73 Å². The van der Waals surface area contributed by atoms with E-state index in [-0.39, 0.29) is 11.8 Å². The first-order chi connectivity index (χ1) is 19.4. The fourth-order valence-electron chi connectivity index (χ4n) is 7.58. The molecule has 8 nitrogen and oxygen atoms in total. The lowest BCUT2D eigenvalue weighted by molar-refractivity contribution is -0.122. The lowest BCUT2D eigenvalue weighted by Crippen LogP contribution is -2.45. The Morgan fingerprint density at radius 3 is 2.75 bits per heavy atom. The Morgan fingerprint density at radius 1 is 1.20 bits per heavy atom. The van der Waals surface area contributed by atoms with E-state index in [1.165, 1.54) is 4.88 Å². The van der Waals surface area contributed by atoms with Gasteiger partial charge in [-0.2, -0.15) is 5.26 Å². The Balaban J connectivity index is 1.29. The standard InChI is InChI=1S/C31H40N6O2S/c1-20-19-36(22-9-16-39-17-10-22)14-5-15-37(20)30-34-13-8-25(35-30)28(33)23-6-3-11-31(29(23)38)12-4-7-26-27(31)24(18-32)21(2)40-26/h8,13,20,22H,3-7,9-12,14-17,19,33H2,1-2H3/b28-23-/t20-,31-/m0/s1. The van der Waals surface area contributed by atoms with E-state index in [0.29, 0.717) is 40.9 Å². The number of aromatic nitrogens is 2.